The van der Waals surface area contributed by atoms with Gasteiger partial charge in [0.15, 0.2) is 0 Å². The highest BCUT2D eigenvalue weighted by molar-refractivity contribution is 7.80. The zero-order chi connectivity index (χ0) is 16.6. The Kier molecular flexibility index (Phi) is 7.81. The average molecular weight is 350 g/mol. The quantitative estimate of drug-likeness (QED) is 0.353. The Balaban J connectivity index is 0.000000346. The molecule has 0 saturated carbocycles. The van der Waals surface area contributed by atoms with E-state index in [1.54, 1.807) is 7.11 Å². The molecule has 1 aliphatic rings. The maximum absolute atomic E-state index is 9.22. The lowest BCUT2D eigenvalue weighted by atomic mass is 10.1. The van der Waals surface area contributed by atoms with Crippen LogP contribution in [0.15, 0.2) is 24.3 Å². The molecule has 1 fully saturated rings. The van der Waals surface area contributed by atoms with Gasteiger partial charge < -0.3 is 9.29 Å². The molecule has 22 heavy (non-hydrogen) atoms. The fraction of sp³-hybridized carbons (Fsp3) is 0.500. The molecule has 0 aromatic heterocycles. The number of hydrogen-bond acceptors (Lipinski definition) is 5. The first-order chi connectivity index (χ1) is 10.4. The summed E-state index contributed by atoms with van der Waals surface area (Å²) < 4.78 is 38.8. The van der Waals surface area contributed by atoms with Crippen molar-refractivity contribution in [3.8, 4) is 0 Å². The summed E-state index contributed by atoms with van der Waals surface area (Å²) in [5.74, 6) is 0.908. The summed E-state index contributed by atoms with van der Waals surface area (Å²) in [6.07, 6.45) is 3.78. The molecule has 1 aromatic rings. The molecule has 0 aliphatic carbocycles. The van der Waals surface area contributed by atoms with Crippen molar-refractivity contribution in [2.75, 3.05) is 27.3 Å². The zero-order valence-corrected chi connectivity index (χ0v) is 14.2. The minimum absolute atomic E-state index is 0.755. The third-order valence-electron chi connectivity index (χ3n) is 3.15. The molecule has 0 unspecified atom stereocenters. The summed E-state index contributed by atoms with van der Waals surface area (Å²) in [5, 5.41) is 0.755. The van der Waals surface area contributed by atoms with Crippen molar-refractivity contribution in [1.82, 2.24) is 0 Å². The van der Waals surface area contributed by atoms with Crippen LogP contribution in [0.2, 0.25) is 5.02 Å². The molecule has 1 heterocycles. The van der Waals surface area contributed by atoms with Gasteiger partial charge in [0.2, 0.25) is 10.4 Å². The van der Waals surface area contributed by atoms with Gasteiger partial charge in [0.05, 0.1) is 19.2 Å². The van der Waals surface area contributed by atoms with E-state index in [-0.39, 0.29) is 0 Å². The fourth-order valence-corrected chi connectivity index (χ4v) is 2.36. The van der Waals surface area contributed by atoms with E-state index >= 15 is 0 Å². The van der Waals surface area contributed by atoms with Gasteiger partial charge in [-0.25, -0.2) is 8.42 Å². The van der Waals surface area contributed by atoms with Crippen LogP contribution in [0.5, 0.6) is 0 Å². The lowest BCUT2D eigenvalue weighted by molar-refractivity contribution is -0.544. The standard InChI is InChI=1S/C13H17ClNO.CH4O4S/c1-16-13(15-9-5-2-6-10-15)11-7-3-4-8-12(11)14;1-5-6(2,3)4/h3-4,7-8H,2,5-6,9-10H2,1H3;1H3,(H,2,3,4)/q+1;/p-1. The molecule has 6 nitrogen and oxygen atoms in total. The first-order valence-corrected chi connectivity index (χ1v) is 8.52. The average Bonchev–Trinajstić information content (AvgIpc) is 2.51. The first kappa shape index (κ1) is 18.9. The van der Waals surface area contributed by atoms with Crippen molar-refractivity contribution in [3.05, 3.63) is 34.9 Å². The van der Waals surface area contributed by atoms with Gasteiger partial charge in [0.25, 0.3) is 0 Å². The highest BCUT2D eigenvalue weighted by atomic mass is 35.5. The van der Waals surface area contributed by atoms with Gasteiger partial charge in [-0.05, 0) is 18.6 Å². The van der Waals surface area contributed by atoms with Crippen molar-refractivity contribution in [2.45, 2.75) is 19.3 Å². The van der Waals surface area contributed by atoms with E-state index in [0.717, 1.165) is 36.7 Å². The minimum atomic E-state index is -4.41. The van der Waals surface area contributed by atoms with E-state index in [0.29, 0.717) is 0 Å². The molecule has 0 spiro atoms. The molecule has 1 aromatic carbocycles. The van der Waals surface area contributed by atoms with Gasteiger partial charge in [0, 0.05) is 12.8 Å². The van der Waals surface area contributed by atoms with Crippen LogP contribution in [0.1, 0.15) is 24.8 Å². The molecule has 0 amide bonds. The number of piperidine rings is 1. The van der Waals surface area contributed by atoms with Gasteiger partial charge in [-0.2, -0.15) is 4.58 Å². The number of rotatable bonds is 2. The second-order valence-electron chi connectivity index (χ2n) is 4.61. The third-order valence-corrected chi connectivity index (χ3v) is 3.88. The topological polar surface area (TPSA) is 78.7 Å². The number of benzene rings is 1. The molecular formula is C14H20ClNO5S. The summed E-state index contributed by atoms with van der Waals surface area (Å²) in [5.41, 5.74) is 0.994. The maximum atomic E-state index is 9.22. The minimum Gasteiger partial charge on any atom is -0.726 e. The largest absolute Gasteiger partial charge is 0.726 e. The lowest BCUT2D eigenvalue weighted by Gasteiger charge is -2.13. The molecule has 124 valence electrons. The normalized spacial score (nSPS) is 14.8. The number of nitrogens with zero attached hydrogens (tertiary/aromatic N) is 1. The summed E-state index contributed by atoms with van der Waals surface area (Å²) in [7, 11) is -1.89. The Bertz CT molecular complexity index is 607. The van der Waals surface area contributed by atoms with Crippen LogP contribution in [0.4, 0.5) is 0 Å². The number of hydrogen-bond donors (Lipinski definition) is 0. The van der Waals surface area contributed by atoms with Crippen LogP contribution >= 0.6 is 11.6 Å². The van der Waals surface area contributed by atoms with E-state index in [1.165, 1.54) is 19.3 Å². The van der Waals surface area contributed by atoms with Crippen LogP contribution in [-0.4, -0.2) is 50.8 Å². The Morgan fingerprint density at radius 3 is 2.18 bits per heavy atom. The fourth-order valence-electron chi connectivity index (χ4n) is 2.14. The molecule has 0 radical (unpaired) electrons. The Morgan fingerprint density at radius 1 is 1.18 bits per heavy atom. The smallest absolute Gasteiger partial charge is 0.371 e. The Morgan fingerprint density at radius 2 is 1.73 bits per heavy atom. The van der Waals surface area contributed by atoms with Crippen molar-refractivity contribution >= 4 is 27.9 Å². The van der Waals surface area contributed by atoms with Crippen molar-refractivity contribution in [2.24, 2.45) is 0 Å². The van der Waals surface area contributed by atoms with Gasteiger partial charge in [0.1, 0.15) is 18.7 Å². The van der Waals surface area contributed by atoms with E-state index < -0.39 is 10.4 Å². The second kappa shape index (κ2) is 9.09. The number of ether oxygens (including phenoxy) is 1. The van der Waals surface area contributed by atoms with Crippen LogP contribution < -0.4 is 0 Å². The second-order valence-corrected chi connectivity index (χ2v) is 6.17. The van der Waals surface area contributed by atoms with Gasteiger partial charge in [-0.1, -0.05) is 23.7 Å². The number of methoxy groups -OCH3 is 1. The van der Waals surface area contributed by atoms with Gasteiger partial charge >= 0.3 is 5.90 Å². The van der Waals surface area contributed by atoms with Crippen molar-refractivity contribution in [3.63, 3.8) is 0 Å². The molecule has 1 aliphatic heterocycles. The monoisotopic (exact) mass is 349 g/mol. The Hall–Kier alpha value is -1.15. The van der Waals surface area contributed by atoms with Crippen molar-refractivity contribution < 1.29 is 26.5 Å². The molecule has 0 bridgehead atoms. The van der Waals surface area contributed by atoms with Crippen LogP contribution in [-0.2, 0) is 19.3 Å². The van der Waals surface area contributed by atoms with E-state index in [2.05, 4.69) is 8.76 Å². The molecule has 1 saturated heterocycles. The van der Waals surface area contributed by atoms with Crippen molar-refractivity contribution in [1.29, 1.82) is 0 Å². The summed E-state index contributed by atoms with van der Waals surface area (Å²) >= 11 is 6.19. The molecular weight excluding hydrogens is 330 g/mol. The molecule has 0 atom stereocenters. The van der Waals surface area contributed by atoms with Gasteiger partial charge in [-0.15, -0.1) is 0 Å². The molecule has 8 heteroatoms. The summed E-state index contributed by atoms with van der Waals surface area (Å²) in [6, 6.07) is 7.84. The van der Waals surface area contributed by atoms with Gasteiger partial charge in [-0.3, -0.25) is 4.18 Å². The first-order valence-electron chi connectivity index (χ1n) is 6.81. The van der Waals surface area contributed by atoms with E-state index in [9.17, 15) is 13.0 Å². The Labute approximate surface area is 136 Å². The maximum Gasteiger partial charge on any atom is 0.371 e. The third kappa shape index (κ3) is 6.31. The SMILES string of the molecule is COC(c1ccccc1Cl)=[N+]1CCCCC1.COS(=O)(=O)[O-]. The summed E-state index contributed by atoms with van der Waals surface area (Å²) in [4.78, 5) is 0. The molecule has 0 N–H and O–H groups in total. The van der Waals surface area contributed by atoms with Crippen LogP contribution in [0.25, 0.3) is 0 Å². The number of halogens is 1. The summed E-state index contributed by atoms with van der Waals surface area (Å²) in [6.45, 7) is 2.13. The zero-order valence-electron chi connectivity index (χ0n) is 12.6. The highest BCUT2D eigenvalue weighted by Gasteiger charge is 2.22. The lowest BCUT2D eigenvalue weighted by Crippen LogP contribution is -2.29. The van der Waals surface area contributed by atoms with Crippen LogP contribution in [0.3, 0.4) is 0 Å². The van der Waals surface area contributed by atoms with E-state index in [4.69, 9.17) is 16.3 Å². The van der Waals surface area contributed by atoms with E-state index in [1.807, 2.05) is 24.3 Å². The highest BCUT2D eigenvalue weighted by Crippen LogP contribution is 2.17. The predicted molar refractivity (Wildman–Crippen MR) is 83.1 cm³/mol. The predicted octanol–water partition coefficient (Wildman–Crippen LogP) is 2.02. The molecule has 2 rings (SSSR count). The van der Waals surface area contributed by atoms with Crippen LogP contribution in [0, 0.1) is 0 Å².